The van der Waals surface area contributed by atoms with Crippen LogP contribution in [-0.2, 0) is 38.1 Å². The van der Waals surface area contributed by atoms with E-state index in [4.69, 9.17) is 18.9 Å². The van der Waals surface area contributed by atoms with Gasteiger partial charge in [-0.25, -0.2) is 0 Å². The number of esters is 4. The van der Waals surface area contributed by atoms with Crippen LogP contribution in [0.4, 0.5) is 0 Å². The number of allylic oxidation sites excluding steroid dienone is 6. The number of ether oxygens (including phenoxy) is 4. The van der Waals surface area contributed by atoms with Gasteiger partial charge in [-0.3, -0.25) is 19.2 Å². The molecule has 0 aromatic carbocycles. The van der Waals surface area contributed by atoms with Crippen molar-refractivity contribution in [3.63, 3.8) is 0 Å². The predicted molar refractivity (Wildman–Crippen MR) is 117 cm³/mol. The van der Waals surface area contributed by atoms with Gasteiger partial charge in [0.15, 0.2) is 10.8 Å². The van der Waals surface area contributed by atoms with Gasteiger partial charge in [0.2, 0.25) is 0 Å². The number of carbonyl (C=O) groups excluding carboxylic acids is 4. The summed E-state index contributed by atoms with van der Waals surface area (Å²) in [6, 6.07) is 0. The quantitative estimate of drug-likeness (QED) is 0.278. The van der Waals surface area contributed by atoms with E-state index in [0.29, 0.717) is 12.8 Å². The van der Waals surface area contributed by atoms with Crippen molar-refractivity contribution in [2.24, 2.45) is 10.8 Å². The number of methoxy groups -OCH3 is 4. The summed E-state index contributed by atoms with van der Waals surface area (Å²) in [4.78, 5) is 50.5. The molecule has 1 rings (SSSR count). The summed E-state index contributed by atoms with van der Waals surface area (Å²) in [5.41, 5.74) is -1.28. The Balaban J connectivity index is 3.49. The number of hydrogen-bond acceptors (Lipinski definition) is 8. The number of hydrogen-bond donors (Lipinski definition) is 0. The van der Waals surface area contributed by atoms with Gasteiger partial charge in [0.05, 0.1) is 28.4 Å². The molecule has 8 nitrogen and oxygen atoms in total. The predicted octanol–water partition coefficient (Wildman–Crippen LogP) is 3.45. The van der Waals surface area contributed by atoms with Crippen molar-refractivity contribution in [3.8, 4) is 0 Å². The molecule has 0 saturated heterocycles. The van der Waals surface area contributed by atoms with Gasteiger partial charge in [-0.15, -0.1) is 0 Å². The monoisotopic (exact) mass is 450 g/mol. The average Bonchev–Trinajstić information content (AvgIpc) is 2.80. The lowest BCUT2D eigenvalue weighted by atomic mass is 9.76. The molecule has 1 aliphatic rings. The Bertz CT molecular complexity index is 771. The summed E-state index contributed by atoms with van der Waals surface area (Å²) in [5.74, 6) is -2.58. The fourth-order valence-electron chi connectivity index (χ4n) is 3.97. The van der Waals surface area contributed by atoms with Gasteiger partial charge in [-0.1, -0.05) is 35.5 Å². The summed E-state index contributed by atoms with van der Waals surface area (Å²) in [5, 5.41) is 0. The summed E-state index contributed by atoms with van der Waals surface area (Å²) in [7, 11) is 4.98. The minimum Gasteiger partial charge on any atom is -0.468 e. The van der Waals surface area contributed by atoms with Gasteiger partial charge in [-0.2, -0.15) is 0 Å². The Kier molecular flexibility index (Phi) is 10.4. The zero-order valence-electron chi connectivity index (χ0n) is 19.8. The minimum absolute atomic E-state index is 0.0859. The second-order valence-corrected chi connectivity index (χ2v) is 8.04. The third-order valence-electron chi connectivity index (χ3n) is 5.88. The molecular weight excluding hydrogens is 416 g/mol. The van der Waals surface area contributed by atoms with Crippen LogP contribution in [0.15, 0.2) is 35.5 Å². The molecule has 0 amide bonds. The summed E-state index contributed by atoms with van der Waals surface area (Å²) < 4.78 is 19.8. The largest absolute Gasteiger partial charge is 0.468 e. The van der Waals surface area contributed by atoms with E-state index in [2.05, 4.69) is 0 Å². The molecule has 1 aliphatic carbocycles. The molecule has 0 aliphatic heterocycles. The van der Waals surface area contributed by atoms with Crippen molar-refractivity contribution in [1.29, 1.82) is 0 Å². The second-order valence-electron chi connectivity index (χ2n) is 8.04. The van der Waals surface area contributed by atoms with Gasteiger partial charge >= 0.3 is 23.9 Å². The van der Waals surface area contributed by atoms with Crippen molar-refractivity contribution in [2.45, 2.75) is 52.4 Å². The molecule has 8 heteroatoms. The molecule has 0 atom stereocenters. The standard InChI is InChI=1S/C24H34O8/c1-17-11-9-14-24(21(27)31-5,22(28)32-6)16-18(2)10-7-8-13-23(15-12-17,19(25)29-3)20(26)30-4/h7-8,10-11H,9,12-16H2,1-6H3/b8-7+,17-11+,18-10+. The first kappa shape index (κ1) is 27.1. The van der Waals surface area contributed by atoms with Gasteiger partial charge in [0, 0.05) is 0 Å². The van der Waals surface area contributed by atoms with Crippen LogP contribution >= 0.6 is 0 Å². The van der Waals surface area contributed by atoms with E-state index in [1.54, 1.807) is 25.2 Å². The number of carbonyl (C=O) groups is 4. The Morgan fingerprint density at radius 3 is 1.75 bits per heavy atom. The Morgan fingerprint density at radius 2 is 1.25 bits per heavy atom. The third kappa shape index (κ3) is 6.08. The number of rotatable bonds is 4. The summed E-state index contributed by atoms with van der Waals surface area (Å²) >= 11 is 0. The van der Waals surface area contributed by atoms with Crippen LogP contribution in [0.2, 0.25) is 0 Å². The molecular formula is C24H34O8. The van der Waals surface area contributed by atoms with E-state index >= 15 is 0 Å². The van der Waals surface area contributed by atoms with Gasteiger partial charge in [-0.05, 0) is 52.4 Å². The molecule has 0 saturated carbocycles. The fraction of sp³-hybridized carbons (Fsp3) is 0.583. The molecule has 0 aromatic heterocycles. The van der Waals surface area contributed by atoms with Crippen molar-refractivity contribution in [2.75, 3.05) is 28.4 Å². The maximum Gasteiger partial charge on any atom is 0.323 e. The second kappa shape index (κ2) is 12.2. The van der Waals surface area contributed by atoms with Crippen molar-refractivity contribution >= 4 is 23.9 Å². The van der Waals surface area contributed by atoms with Crippen molar-refractivity contribution in [3.05, 3.63) is 35.5 Å². The summed E-state index contributed by atoms with van der Waals surface area (Å²) in [6.07, 6.45) is 8.40. The third-order valence-corrected chi connectivity index (χ3v) is 5.88. The first-order valence-electron chi connectivity index (χ1n) is 10.4. The highest BCUT2D eigenvalue weighted by molar-refractivity contribution is 6.01. The maximum atomic E-state index is 12.7. The highest BCUT2D eigenvalue weighted by Gasteiger charge is 2.48. The highest BCUT2D eigenvalue weighted by Crippen LogP contribution is 2.37. The molecule has 32 heavy (non-hydrogen) atoms. The Hall–Kier alpha value is -2.90. The van der Waals surface area contributed by atoms with Crippen LogP contribution in [-0.4, -0.2) is 52.3 Å². The highest BCUT2D eigenvalue weighted by atomic mass is 16.6. The zero-order chi connectivity index (χ0) is 24.4. The lowest BCUT2D eigenvalue weighted by Gasteiger charge is -2.29. The smallest absolute Gasteiger partial charge is 0.323 e. The van der Waals surface area contributed by atoms with E-state index in [0.717, 1.165) is 11.1 Å². The van der Waals surface area contributed by atoms with Crippen LogP contribution < -0.4 is 0 Å². The molecule has 0 heterocycles. The lowest BCUT2D eigenvalue weighted by Crippen LogP contribution is -2.41. The van der Waals surface area contributed by atoms with Crippen molar-refractivity contribution < 1.29 is 38.1 Å². The van der Waals surface area contributed by atoms with E-state index in [1.165, 1.54) is 28.4 Å². The van der Waals surface area contributed by atoms with Crippen LogP contribution in [0, 0.1) is 10.8 Å². The van der Waals surface area contributed by atoms with Gasteiger partial charge in [0.1, 0.15) is 0 Å². The van der Waals surface area contributed by atoms with E-state index in [1.807, 2.05) is 13.0 Å². The van der Waals surface area contributed by atoms with Crippen LogP contribution in [0.5, 0.6) is 0 Å². The van der Waals surface area contributed by atoms with E-state index < -0.39 is 34.7 Å². The first-order valence-corrected chi connectivity index (χ1v) is 10.4. The SMILES string of the molecule is COC(=O)C1(C(=O)OC)C/C=C/C=C(\C)CC(C(=O)OC)(C(=O)OC)CC/C=C(\C)CC1. The van der Waals surface area contributed by atoms with E-state index in [9.17, 15) is 19.2 Å². The molecule has 0 aromatic rings. The normalized spacial score (nSPS) is 23.1. The Morgan fingerprint density at radius 1 is 0.750 bits per heavy atom. The summed E-state index contributed by atoms with van der Waals surface area (Å²) in [6.45, 7) is 3.65. The molecule has 0 unspecified atom stereocenters. The van der Waals surface area contributed by atoms with Crippen LogP contribution in [0.25, 0.3) is 0 Å². The average molecular weight is 451 g/mol. The molecule has 0 bridgehead atoms. The van der Waals surface area contributed by atoms with Crippen LogP contribution in [0.1, 0.15) is 52.4 Å². The van der Waals surface area contributed by atoms with Gasteiger partial charge in [0.25, 0.3) is 0 Å². The molecule has 0 radical (unpaired) electrons. The fourth-order valence-corrected chi connectivity index (χ4v) is 3.97. The lowest BCUT2D eigenvalue weighted by molar-refractivity contribution is -0.171. The van der Waals surface area contributed by atoms with E-state index in [-0.39, 0.29) is 25.7 Å². The molecule has 178 valence electrons. The molecule has 0 spiro atoms. The minimum atomic E-state index is -1.46. The first-order chi connectivity index (χ1) is 15.1. The molecule has 0 fully saturated rings. The maximum absolute atomic E-state index is 12.7. The van der Waals surface area contributed by atoms with Crippen LogP contribution in [0.3, 0.4) is 0 Å². The van der Waals surface area contributed by atoms with Crippen molar-refractivity contribution in [1.82, 2.24) is 0 Å². The zero-order valence-corrected chi connectivity index (χ0v) is 19.8. The molecule has 0 N–H and O–H groups in total. The topological polar surface area (TPSA) is 105 Å². The van der Waals surface area contributed by atoms with Gasteiger partial charge < -0.3 is 18.9 Å². The Labute approximate surface area is 189 Å².